The largest absolute Gasteiger partial charge is 0.480 e. The second-order valence-electron chi connectivity index (χ2n) is 5.02. The monoisotopic (exact) mass is 292 g/mol. The maximum Gasteiger partial charge on any atom is 0.327 e. The molecule has 0 spiro atoms. The highest BCUT2D eigenvalue weighted by Gasteiger charge is 2.37. The lowest BCUT2D eigenvalue weighted by atomic mass is 10.1. The minimum atomic E-state index is -0.916. The SMILES string of the molecule is O=C(O)C1CSCCN1C(=O)C1Cc2ccccc2N1. The number of hydrogen-bond acceptors (Lipinski definition) is 4. The van der Waals surface area contributed by atoms with E-state index in [-0.39, 0.29) is 11.9 Å². The van der Waals surface area contributed by atoms with Gasteiger partial charge in [0.25, 0.3) is 0 Å². The van der Waals surface area contributed by atoms with E-state index in [1.807, 2.05) is 24.3 Å². The summed E-state index contributed by atoms with van der Waals surface area (Å²) in [5.74, 6) is 0.255. The van der Waals surface area contributed by atoms with E-state index in [2.05, 4.69) is 5.32 Å². The first-order valence-electron chi connectivity index (χ1n) is 6.62. The summed E-state index contributed by atoms with van der Waals surface area (Å²) in [6.45, 7) is 0.509. The average Bonchev–Trinajstić information content (AvgIpc) is 2.90. The van der Waals surface area contributed by atoms with Gasteiger partial charge in [0.1, 0.15) is 12.1 Å². The molecule has 0 aliphatic carbocycles. The van der Waals surface area contributed by atoms with Gasteiger partial charge in [-0.3, -0.25) is 4.79 Å². The van der Waals surface area contributed by atoms with Crippen molar-refractivity contribution in [3.63, 3.8) is 0 Å². The molecule has 2 heterocycles. The molecular weight excluding hydrogens is 276 g/mol. The molecule has 1 fully saturated rings. The van der Waals surface area contributed by atoms with Gasteiger partial charge in [-0.05, 0) is 11.6 Å². The zero-order valence-corrected chi connectivity index (χ0v) is 11.7. The number of hydrogen-bond donors (Lipinski definition) is 2. The molecule has 1 amide bonds. The van der Waals surface area contributed by atoms with Crippen molar-refractivity contribution in [1.29, 1.82) is 0 Å². The first kappa shape index (κ1) is 13.3. The van der Waals surface area contributed by atoms with Crippen LogP contribution in [0.1, 0.15) is 5.56 Å². The fourth-order valence-electron chi connectivity index (χ4n) is 2.72. The van der Waals surface area contributed by atoms with Crippen molar-refractivity contribution >= 4 is 29.3 Å². The number of carbonyl (C=O) groups excluding carboxylic acids is 1. The summed E-state index contributed by atoms with van der Waals surface area (Å²) < 4.78 is 0. The number of para-hydroxylation sites is 1. The number of aliphatic carboxylic acids is 1. The molecule has 0 saturated carbocycles. The van der Waals surface area contributed by atoms with Crippen molar-refractivity contribution in [2.45, 2.75) is 18.5 Å². The smallest absolute Gasteiger partial charge is 0.327 e. The van der Waals surface area contributed by atoms with Crippen LogP contribution in [-0.4, -0.2) is 52.0 Å². The standard InChI is InChI=1S/C14H16N2O3S/c17-13(16-5-6-20-8-12(16)14(18)19)11-7-9-3-1-2-4-10(9)15-11/h1-4,11-12,15H,5-8H2,(H,18,19). The van der Waals surface area contributed by atoms with E-state index in [9.17, 15) is 14.7 Å². The van der Waals surface area contributed by atoms with Crippen LogP contribution in [0, 0.1) is 0 Å². The van der Waals surface area contributed by atoms with E-state index < -0.39 is 12.0 Å². The van der Waals surface area contributed by atoms with E-state index in [0.29, 0.717) is 18.7 Å². The molecule has 2 aliphatic rings. The zero-order valence-electron chi connectivity index (χ0n) is 10.9. The van der Waals surface area contributed by atoms with Crippen molar-refractivity contribution < 1.29 is 14.7 Å². The number of nitrogens with one attached hydrogen (secondary N) is 1. The molecule has 1 aromatic rings. The minimum absolute atomic E-state index is 0.103. The first-order valence-corrected chi connectivity index (χ1v) is 7.78. The minimum Gasteiger partial charge on any atom is -0.480 e. The molecule has 0 radical (unpaired) electrons. The maximum absolute atomic E-state index is 12.6. The van der Waals surface area contributed by atoms with Gasteiger partial charge < -0.3 is 15.3 Å². The van der Waals surface area contributed by atoms with Crippen molar-refractivity contribution in [3.8, 4) is 0 Å². The third kappa shape index (κ3) is 2.35. The van der Waals surface area contributed by atoms with Crippen LogP contribution in [0.2, 0.25) is 0 Å². The second-order valence-corrected chi connectivity index (χ2v) is 6.17. The third-order valence-corrected chi connectivity index (χ3v) is 4.79. The van der Waals surface area contributed by atoms with E-state index in [0.717, 1.165) is 17.0 Å². The number of carboxylic acids is 1. The van der Waals surface area contributed by atoms with Gasteiger partial charge in [0, 0.05) is 30.2 Å². The van der Waals surface area contributed by atoms with Gasteiger partial charge in [-0.2, -0.15) is 11.8 Å². The Morgan fingerprint density at radius 2 is 2.15 bits per heavy atom. The van der Waals surface area contributed by atoms with Crippen LogP contribution in [0.4, 0.5) is 5.69 Å². The lowest BCUT2D eigenvalue weighted by Crippen LogP contribution is -2.54. The zero-order chi connectivity index (χ0) is 14.1. The topological polar surface area (TPSA) is 69.6 Å². The number of rotatable bonds is 2. The summed E-state index contributed by atoms with van der Waals surface area (Å²) in [6.07, 6.45) is 0.630. The number of anilines is 1. The molecular formula is C14H16N2O3S. The quantitative estimate of drug-likeness (QED) is 0.853. The highest BCUT2D eigenvalue weighted by atomic mass is 32.2. The van der Waals surface area contributed by atoms with Crippen molar-refractivity contribution in [3.05, 3.63) is 29.8 Å². The number of thioether (sulfide) groups is 1. The summed E-state index contributed by atoms with van der Waals surface area (Å²) in [4.78, 5) is 25.4. The molecule has 20 heavy (non-hydrogen) atoms. The molecule has 2 aliphatic heterocycles. The number of carbonyl (C=O) groups is 2. The average molecular weight is 292 g/mol. The Labute approximate surface area is 121 Å². The van der Waals surface area contributed by atoms with Crippen LogP contribution in [0.5, 0.6) is 0 Å². The van der Waals surface area contributed by atoms with Crippen LogP contribution in [0.3, 0.4) is 0 Å². The molecule has 1 saturated heterocycles. The van der Waals surface area contributed by atoms with Crippen molar-refractivity contribution in [2.24, 2.45) is 0 Å². The van der Waals surface area contributed by atoms with E-state index in [1.165, 1.54) is 4.90 Å². The highest BCUT2D eigenvalue weighted by Crippen LogP contribution is 2.27. The van der Waals surface area contributed by atoms with Crippen LogP contribution in [0.25, 0.3) is 0 Å². The van der Waals surface area contributed by atoms with Gasteiger partial charge in [0.15, 0.2) is 0 Å². The lowest BCUT2D eigenvalue weighted by Gasteiger charge is -2.34. The summed E-state index contributed by atoms with van der Waals surface area (Å²) in [5, 5.41) is 12.4. The fraction of sp³-hybridized carbons (Fsp3) is 0.429. The van der Waals surface area contributed by atoms with Crippen LogP contribution < -0.4 is 5.32 Å². The predicted octanol–water partition coefficient (Wildman–Crippen LogP) is 1.05. The summed E-state index contributed by atoms with van der Waals surface area (Å²) in [6, 6.07) is 6.78. The molecule has 0 aromatic heterocycles. The van der Waals surface area contributed by atoms with Crippen LogP contribution >= 0.6 is 11.8 Å². The van der Waals surface area contributed by atoms with E-state index >= 15 is 0 Å². The Morgan fingerprint density at radius 3 is 2.90 bits per heavy atom. The number of nitrogens with zero attached hydrogens (tertiary/aromatic N) is 1. The number of fused-ring (bicyclic) bond motifs is 1. The maximum atomic E-state index is 12.6. The Bertz CT molecular complexity index is 524. The molecule has 2 N–H and O–H groups in total. The van der Waals surface area contributed by atoms with Crippen LogP contribution in [0.15, 0.2) is 24.3 Å². The van der Waals surface area contributed by atoms with Gasteiger partial charge in [-0.25, -0.2) is 4.79 Å². The predicted molar refractivity (Wildman–Crippen MR) is 78.0 cm³/mol. The van der Waals surface area contributed by atoms with Crippen LogP contribution in [-0.2, 0) is 16.0 Å². The van der Waals surface area contributed by atoms with Crippen molar-refractivity contribution in [2.75, 3.05) is 23.4 Å². The Hall–Kier alpha value is -1.69. The van der Waals surface area contributed by atoms with Gasteiger partial charge in [-0.1, -0.05) is 18.2 Å². The first-order chi connectivity index (χ1) is 9.66. The number of amides is 1. The Kier molecular flexibility index (Phi) is 3.56. The fourth-order valence-corrected chi connectivity index (χ4v) is 3.76. The summed E-state index contributed by atoms with van der Waals surface area (Å²) >= 11 is 1.59. The van der Waals surface area contributed by atoms with Gasteiger partial charge in [0.05, 0.1) is 0 Å². The molecule has 3 rings (SSSR count). The van der Waals surface area contributed by atoms with Gasteiger partial charge in [0.2, 0.25) is 5.91 Å². The van der Waals surface area contributed by atoms with Gasteiger partial charge >= 0.3 is 5.97 Å². The highest BCUT2D eigenvalue weighted by molar-refractivity contribution is 7.99. The van der Waals surface area contributed by atoms with Gasteiger partial charge in [-0.15, -0.1) is 0 Å². The van der Waals surface area contributed by atoms with E-state index in [4.69, 9.17) is 0 Å². The molecule has 1 aromatic carbocycles. The normalized spacial score (nSPS) is 24.9. The Balaban J connectivity index is 1.75. The van der Waals surface area contributed by atoms with Crippen molar-refractivity contribution in [1.82, 2.24) is 4.90 Å². The second kappa shape index (κ2) is 5.36. The Morgan fingerprint density at radius 1 is 1.35 bits per heavy atom. The number of carboxylic acid groups (broad SMARTS) is 1. The molecule has 2 atom stereocenters. The molecule has 2 unspecified atom stereocenters. The third-order valence-electron chi connectivity index (χ3n) is 3.77. The number of benzene rings is 1. The molecule has 5 nitrogen and oxygen atoms in total. The molecule has 0 bridgehead atoms. The van der Waals surface area contributed by atoms with E-state index in [1.54, 1.807) is 11.8 Å². The lowest BCUT2D eigenvalue weighted by molar-refractivity contribution is -0.149. The molecule has 106 valence electrons. The molecule has 6 heteroatoms. The summed E-state index contributed by atoms with van der Waals surface area (Å²) in [7, 11) is 0. The summed E-state index contributed by atoms with van der Waals surface area (Å²) in [5.41, 5.74) is 2.09.